The van der Waals surface area contributed by atoms with Crippen molar-refractivity contribution in [3.05, 3.63) is 36.0 Å². The van der Waals surface area contributed by atoms with Crippen LogP contribution in [0.25, 0.3) is 10.9 Å². The minimum atomic E-state index is 0.399. The smallest absolute Gasteiger partial charge is 0.107 e. The number of thioether (sulfide) groups is 1. The van der Waals surface area contributed by atoms with Crippen molar-refractivity contribution in [3.8, 4) is 0 Å². The molecule has 3 N–H and O–H groups in total. The molecule has 1 saturated heterocycles. The predicted molar refractivity (Wildman–Crippen MR) is 91.6 cm³/mol. The first-order valence-corrected chi connectivity index (χ1v) is 8.34. The maximum Gasteiger partial charge on any atom is 0.107 e. The second kappa shape index (κ2) is 5.97. The lowest BCUT2D eigenvalue weighted by Crippen LogP contribution is -2.26. The number of nitrogens with zero attached hydrogens (tertiary/aromatic N) is 1. The molecule has 2 aromatic rings. The van der Waals surface area contributed by atoms with Gasteiger partial charge in [0.05, 0.1) is 16.8 Å². The molecular weight excluding hydrogens is 286 g/mol. The number of para-hydroxylation sites is 1. The monoisotopic (exact) mass is 303 g/mol. The molecule has 1 aliphatic heterocycles. The number of pyridine rings is 1. The number of hydrogen-bond acceptors (Lipinski definition) is 4. The van der Waals surface area contributed by atoms with Gasteiger partial charge in [0.2, 0.25) is 0 Å². The van der Waals surface area contributed by atoms with Crippen LogP contribution in [-0.2, 0) is 0 Å². The fourth-order valence-electron chi connectivity index (χ4n) is 2.53. The van der Waals surface area contributed by atoms with Crippen LogP contribution in [0.1, 0.15) is 18.4 Å². The first-order valence-electron chi connectivity index (χ1n) is 6.77. The summed E-state index contributed by atoms with van der Waals surface area (Å²) in [6.45, 7) is 0. The van der Waals surface area contributed by atoms with Gasteiger partial charge in [-0.25, -0.2) is 0 Å². The third-order valence-corrected chi connectivity index (χ3v) is 4.88. The van der Waals surface area contributed by atoms with E-state index in [2.05, 4.69) is 16.4 Å². The van der Waals surface area contributed by atoms with Crippen LogP contribution in [-0.4, -0.2) is 27.5 Å². The molecule has 0 aliphatic carbocycles. The number of hydrogen-bond donors (Lipinski definition) is 2. The second-order valence-corrected chi connectivity index (χ2v) is 6.62. The second-order valence-electron chi connectivity index (χ2n) is 4.96. The van der Waals surface area contributed by atoms with E-state index in [1.807, 2.05) is 30.0 Å². The maximum atomic E-state index is 5.86. The molecule has 104 valence electrons. The van der Waals surface area contributed by atoms with Crippen molar-refractivity contribution in [2.75, 3.05) is 16.8 Å². The van der Waals surface area contributed by atoms with Crippen molar-refractivity contribution in [1.82, 2.24) is 4.98 Å². The van der Waals surface area contributed by atoms with E-state index in [1.54, 1.807) is 6.20 Å². The Kier molecular flexibility index (Phi) is 4.08. The molecule has 0 spiro atoms. The van der Waals surface area contributed by atoms with E-state index in [9.17, 15) is 0 Å². The van der Waals surface area contributed by atoms with Crippen molar-refractivity contribution >= 4 is 45.6 Å². The summed E-state index contributed by atoms with van der Waals surface area (Å²) in [5.74, 6) is 2.42. The molecule has 3 rings (SSSR count). The molecule has 0 atom stereocenters. The molecule has 0 radical (unpaired) electrons. The average molecular weight is 303 g/mol. The van der Waals surface area contributed by atoms with Crippen LogP contribution in [0.5, 0.6) is 0 Å². The van der Waals surface area contributed by atoms with Crippen molar-refractivity contribution in [2.45, 2.75) is 18.9 Å². The number of benzene rings is 1. The molecular formula is C15H17N3S2. The van der Waals surface area contributed by atoms with Crippen LogP contribution >= 0.6 is 24.0 Å². The Hall–Kier alpha value is -1.33. The average Bonchev–Trinajstić information content (AvgIpc) is 2.48. The number of nitrogens with two attached hydrogens (primary N) is 1. The van der Waals surface area contributed by atoms with E-state index in [0.29, 0.717) is 11.0 Å². The third-order valence-electron chi connectivity index (χ3n) is 3.61. The predicted octanol–water partition coefficient (Wildman–Crippen LogP) is 3.18. The topological polar surface area (TPSA) is 50.9 Å². The SMILES string of the molecule is NC(=S)c1cnc2ccccc2c1NC1CCSCC1. The molecule has 1 aromatic carbocycles. The number of fused-ring (bicyclic) bond motifs is 1. The lowest BCUT2D eigenvalue weighted by atomic mass is 10.1. The van der Waals surface area contributed by atoms with Gasteiger partial charge < -0.3 is 11.1 Å². The van der Waals surface area contributed by atoms with Gasteiger partial charge in [0.1, 0.15) is 4.99 Å². The summed E-state index contributed by atoms with van der Waals surface area (Å²) in [6.07, 6.45) is 4.14. The van der Waals surface area contributed by atoms with Crippen LogP contribution in [0.4, 0.5) is 5.69 Å². The number of nitrogens with one attached hydrogen (secondary N) is 1. The van der Waals surface area contributed by atoms with E-state index in [4.69, 9.17) is 18.0 Å². The zero-order chi connectivity index (χ0) is 13.9. The summed E-state index contributed by atoms with van der Waals surface area (Å²) >= 11 is 7.19. The Morgan fingerprint density at radius 2 is 2.05 bits per heavy atom. The van der Waals surface area contributed by atoms with Crippen LogP contribution in [0.15, 0.2) is 30.5 Å². The molecule has 20 heavy (non-hydrogen) atoms. The molecule has 5 heteroatoms. The highest BCUT2D eigenvalue weighted by atomic mass is 32.2. The molecule has 2 heterocycles. The highest BCUT2D eigenvalue weighted by Gasteiger charge is 2.17. The normalized spacial score (nSPS) is 16.2. The quantitative estimate of drug-likeness (QED) is 0.853. The van der Waals surface area contributed by atoms with Gasteiger partial charge in [-0.05, 0) is 30.4 Å². The van der Waals surface area contributed by atoms with Gasteiger partial charge in [0, 0.05) is 17.6 Å². The standard InChI is InChI=1S/C15H17N3S2/c16-15(19)12-9-17-13-4-2-1-3-11(13)14(12)18-10-5-7-20-8-6-10/h1-4,9-10H,5-8H2,(H2,16,19)(H,17,18). The number of aromatic nitrogens is 1. The lowest BCUT2D eigenvalue weighted by Gasteiger charge is -2.25. The van der Waals surface area contributed by atoms with E-state index in [-0.39, 0.29) is 0 Å². The molecule has 0 amide bonds. The number of rotatable bonds is 3. The van der Waals surface area contributed by atoms with Gasteiger partial charge in [0.15, 0.2) is 0 Å². The van der Waals surface area contributed by atoms with Gasteiger partial charge in [-0.3, -0.25) is 4.98 Å². The van der Waals surface area contributed by atoms with Gasteiger partial charge in [-0.2, -0.15) is 11.8 Å². The number of anilines is 1. The van der Waals surface area contributed by atoms with Gasteiger partial charge >= 0.3 is 0 Å². The van der Waals surface area contributed by atoms with Crippen molar-refractivity contribution in [2.24, 2.45) is 5.73 Å². The summed E-state index contributed by atoms with van der Waals surface area (Å²) in [5, 5.41) is 4.75. The van der Waals surface area contributed by atoms with Crippen molar-refractivity contribution < 1.29 is 0 Å². The molecule has 0 bridgehead atoms. The van der Waals surface area contributed by atoms with E-state index >= 15 is 0 Å². The van der Waals surface area contributed by atoms with E-state index in [1.165, 1.54) is 24.3 Å². The van der Waals surface area contributed by atoms with Crippen molar-refractivity contribution in [3.63, 3.8) is 0 Å². The Balaban J connectivity index is 2.04. The zero-order valence-electron chi connectivity index (χ0n) is 11.1. The number of thiocarbonyl (C=S) groups is 1. The van der Waals surface area contributed by atoms with Gasteiger partial charge in [-0.15, -0.1) is 0 Å². The Morgan fingerprint density at radius 3 is 2.80 bits per heavy atom. The molecule has 1 aromatic heterocycles. The van der Waals surface area contributed by atoms with Crippen molar-refractivity contribution in [1.29, 1.82) is 0 Å². The first-order chi connectivity index (χ1) is 9.75. The Bertz CT molecular complexity index is 636. The van der Waals surface area contributed by atoms with Crippen LogP contribution in [0.2, 0.25) is 0 Å². The fraction of sp³-hybridized carbons (Fsp3) is 0.333. The summed E-state index contributed by atoms with van der Waals surface area (Å²) in [5.41, 5.74) is 8.72. The molecule has 0 saturated carbocycles. The lowest BCUT2D eigenvalue weighted by molar-refractivity contribution is 0.667. The summed E-state index contributed by atoms with van der Waals surface area (Å²) in [6, 6.07) is 8.60. The molecule has 0 unspecified atom stereocenters. The Morgan fingerprint density at radius 1 is 1.30 bits per heavy atom. The highest BCUT2D eigenvalue weighted by Crippen LogP contribution is 2.29. The molecule has 3 nitrogen and oxygen atoms in total. The molecule has 1 fully saturated rings. The van der Waals surface area contributed by atoms with Gasteiger partial charge in [-0.1, -0.05) is 30.4 Å². The summed E-state index contributed by atoms with van der Waals surface area (Å²) < 4.78 is 0. The Labute approximate surface area is 128 Å². The zero-order valence-corrected chi connectivity index (χ0v) is 12.8. The highest BCUT2D eigenvalue weighted by molar-refractivity contribution is 7.99. The largest absolute Gasteiger partial charge is 0.389 e. The van der Waals surface area contributed by atoms with Crippen LogP contribution in [0.3, 0.4) is 0 Å². The van der Waals surface area contributed by atoms with Gasteiger partial charge in [0.25, 0.3) is 0 Å². The first kappa shape index (κ1) is 13.6. The summed E-state index contributed by atoms with van der Waals surface area (Å²) in [4.78, 5) is 4.84. The van der Waals surface area contributed by atoms with E-state index < -0.39 is 0 Å². The maximum absolute atomic E-state index is 5.86. The third kappa shape index (κ3) is 2.74. The van der Waals surface area contributed by atoms with Crippen LogP contribution < -0.4 is 11.1 Å². The van der Waals surface area contributed by atoms with Crippen LogP contribution in [0, 0.1) is 0 Å². The molecule has 1 aliphatic rings. The van der Waals surface area contributed by atoms with E-state index in [0.717, 1.165) is 22.2 Å². The minimum Gasteiger partial charge on any atom is -0.389 e. The summed E-state index contributed by atoms with van der Waals surface area (Å²) in [7, 11) is 0. The minimum absolute atomic E-state index is 0.399. The fourth-order valence-corrected chi connectivity index (χ4v) is 3.79.